The monoisotopic (exact) mass is 188 g/mol. The molecule has 76 valence electrons. The van der Waals surface area contributed by atoms with Crippen LogP contribution in [0.5, 0.6) is 0 Å². The second-order valence-corrected chi connectivity index (χ2v) is 3.69. The third kappa shape index (κ3) is 3.78. The summed E-state index contributed by atoms with van der Waals surface area (Å²) < 4.78 is 0. The summed E-state index contributed by atoms with van der Waals surface area (Å²) in [5.74, 6) is 0. The van der Waals surface area contributed by atoms with Crippen LogP contribution in [0.1, 0.15) is 44.2 Å². The van der Waals surface area contributed by atoms with E-state index in [1.54, 1.807) is 0 Å². The second-order valence-electron chi connectivity index (χ2n) is 3.69. The zero-order valence-electron chi connectivity index (χ0n) is 9.29. The van der Waals surface area contributed by atoms with Gasteiger partial charge in [0.25, 0.3) is 0 Å². The van der Waals surface area contributed by atoms with Crippen molar-refractivity contribution < 1.29 is 0 Å². The molecule has 0 spiro atoms. The highest BCUT2D eigenvalue weighted by atomic mass is 14.0. The lowest BCUT2D eigenvalue weighted by Gasteiger charge is -1.99. The van der Waals surface area contributed by atoms with Crippen LogP contribution >= 0.6 is 0 Å². The zero-order valence-corrected chi connectivity index (χ0v) is 9.29. The van der Waals surface area contributed by atoms with Crippen LogP contribution in [-0.4, -0.2) is 0 Å². The summed E-state index contributed by atoms with van der Waals surface area (Å²) >= 11 is 0. The van der Waals surface area contributed by atoms with Crippen LogP contribution < -0.4 is 0 Å². The predicted octanol–water partition coefficient (Wildman–Crippen LogP) is 4.45. The molecule has 0 heterocycles. The van der Waals surface area contributed by atoms with Crippen LogP contribution in [0.4, 0.5) is 0 Å². The first-order valence-corrected chi connectivity index (χ1v) is 5.62. The summed E-state index contributed by atoms with van der Waals surface area (Å²) in [6.45, 7) is 4.43. The molecule has 0 saturated heterocycles. The third-order valence-electron chi connectivity index (χ3n) is 2.26. The van der Waals surface area contributed by atoms with Crippen molar-refractivity contribution in [3.63, 3.8) is 0 Å². The lowest BCUT2D eigenvalue weighted by molar-refractivity contribution is 0.921. The van der Waals surface area contributed by atoms with Gasteiger partial charge in [0.1, 0.15) is 0 Å². The molecule has 0 aromatic heterocycles. The summed E-state index contributed by atoms with van der Waals surface area (Å²) in [5, 5.41) is 0. The molecule has 1 rings (SSSR count). The first-order valence-electron chi connectivity index (χ1n) is 5.62. The lowest BCUT2D eigenvalue weighted by atomic mass is 10.1. The molecule has 0 aliphatic rings. The van der Waals surface area contributed by atoms with Gasteiger partial charge in [0.2, 0.25) is 0 Å². The van der Waals surface area contributed by atoms with Gasteiger partial charge in [-0.25, -0.2) is 0 Å². The third-order valence-corrected chi connectivity index (χ3v) is 2.26. The van der Waals surface area contributed by atoms with Crippen LogP contribution in [-0.2, 0) is 6.42 Å². The molecular weight excluding hydrogens is 168 g/mol. The van der Waals surface area contributed by atoms with Gasteiger partial charge in [-0.3, -0.25) is 0 Å². The molecule has 14 heavy (non-hydrogen) atoms. The molecule has 1 aromatic carbocycles. The predicted molar refractivity (Wildman–Crippen MR) is 64.4 cm³/mol. The first kappa shape index (κ1) is 11.0. The number of aryl methyl sites for hydroxylation is 1. The number of allylic oxidation sites excluding steroid dienone is 1. The van der Waals surface area contributed by atoms with Gasteiger partial charge >= 0.3 is 0 Å². The van der Waals surface area contributed by atoms with E-state index in [1.807, 2.05) is 0 Å². The Morgan fingerprint density at radius 2 is 2.00 bits per heavy atom. The number of hydrogen-bond donors (Lipinski definition) is 0. The van der Waals surface area contributed by atoms with Gasteiger partial charge in [-0.15, -0.1) is 0 Å². The van der Waals surface area contributed by atoms with Crippen LogP contribution in [0, 0.1) is 0 Å². The van der Waals surface area contributed by atoms with Crippen LogP contribution in [0.15, 0.2) is 30.3 Å². The average molecular weight is 188 g/mol. The molecule has 0 unspecified atom stereocenters. The van der Waals surface area contributed by atoms with Gasteiger partial charge in [-0.1, -0.05) is 63.1 Å². The van der Waals surface area contributed by atoms with E-state index in [9.17, 15) is 0 Å². The van der Waals surface area contributed by atoms with Gasteiger partial charge in [-0.05, 0) is 24.0 Å². The van der Waals surface area contributed by atoms with Gasteiger partial charge in [0.15, 0.2) is 0 Å². The maximum Gasteiger partial charge on any atom is -0.0257 e. The van der Waals surface area contributed by atoms with E-state index < -0.39 is 0 Å². The lowest BCUT2D eigenvalue weighted by Crippen LogP contribution is -1.83. The number of benzene rings is 1. The summed E-state index contributed by atoms with van der Waals surface area (Å²) in [6.07, 6.45) is 9.30. The fourth-order valence-corrected chi connectivity index (χ4v) is 1.53. The molecule has 0 aliphatic carbocycles. The molecule has 0 N–H and O–H groups in total. The first-order chi connectivity index (χ1) is 6.86. The van der Waals surface area contributed by atoms with Gasteiger partial charge < -0.3 is 0 Å². The van der Waals surface area contributed by atoms with E-state index in [0.29, 0.717) is 0 Å². The Hall–Kier alpha value is -1.04. The van der Waals surface area contributed by atoms with Gasteiger partial charge in [-0.2, -0.15) is 0 Å². The number of rotatable bonds is 5. The standard InChI is InChI=1S/C14H20/c1-3-5-6-9-14-11-7-10-13(12-14)8-4-2/h6-7,9-12H,3-5,8H2,1-2H3. The van der Waals surface area contributed by atoms with Crippen molar-refractivity contribution in [1.29, 1.82) is 0 Å². The van der Waals surface area contributed by atoms with E-state index in [2.05, 4.69) is 50.3 Å². The van der Waals surface area contributed by atoms with Crippen LogP contribution in [0.3, 0.4) is 0 Å². The van der Waals surface area contributed by atoms with E-state index in [0.717, 1.165) is 0 Å². The molecule has 0 fully saturated rings. The Morgan fingerprint density at radius 1 is 1.14 bits per heavy atom. The second kappa shape index (κ2) is 6.42. The van der Waals surface area contributed by atoms with Crippen LogP contribution in [0.25, 0.3) is 6.08 Å². The quantitative estimate of drug-likeness (QED) is 0.640. The normalized spacial score (nSPS) is 11.0. The van der Waals surface area contributed by atoms with E-state index in [1.165, 1.54) is 36.8 Å². The van der Waals surface area contributed by atoms with Crippen LogP contribution in [0.2, 0.25) is 0 Å². The highest BCUT2D eigenvalue weighted by Gasteiger charge is 1.91. The van der Waals surface area contributed by atoms with Crippen molar-refractivity contribution >= 4 is 6.08 Å². The smallest absolute Gasteiger partial charge is 0.0257 e. The highest BCUT2D eigenvalue weighted by Crippen LogP contribution is 2.09. The fourth-order valence-electron chi connectivity index (χ4n) is 1.53. The van der Waals surface area contributed by atoms with Crippen molar-refractivity contribution in [2.45, 2.75) is 39.5 Å². The minimum atomic E-state index is 1.18. The molecule has 0 radical (unpaired) electrons. The van der Waals surface area contributed by atoms with Crippen molar-refractivity contribution in [1.82, 2.24) is 0 Å². The molecule has 0 atom stereocenters. The maximum absolute atomic E-state index is 2.29. The topological polar surface area (TPSA) is 0 Å². The number of hydrogen-bond acceptors (Lipinski definition) is 0. The summed E-state index contributed by atoms with van der Waals surface area (Å²) in [7, 11) is 0. The summed E-state index contributed by atoms with van der Waals surface area (Å²) in [5.41, 5.74) is 2.79. The molecule has 0 saturated carbocycles. The Morgan fingerprint density at radius 3 is 2.71 bits per heavy atom. The molecule has 0 amide bonds. The van der Waals surface area contributed by atoms with Crippen molar-refractivity contribution in [3.8, 4) is 0 Å². The Balaban J connectivity index is 2.63. The van der Waals surface area contributed by atoms with E-state index >= 15 is 0 Å². The Labute approximate surface area is 87.7 Å². The van der Waals surface area contributed by atoms with Crippen molar-refractivity contribution in [3.05, 3.63) is 41.5 Å². The molecular formula is C14H20. The largest absolute Gasteiger partial charge is 0.0840 e. The molecule has 0 nitrogen and oxygen atoms in total. The molecule has 0 heteroatoms. The SMILES string of the molecule is CCCC=Cc1cccc(CCC)c1. The summed E-state index contributed by atoms with van der Waals surface area (Å²) in [4.78, 5) is 0. The van der Waals surface area contributed by atoms with Crippen molar-refractivity contribution in [2.24, 2.45) is 0 Å². The molecule has 0 aliphatic heterocycles. The average Bonchev–Trinajstić information content (AvgIpc) is 2.19. The number of unbranched alkanes of at least 4 members (excludes halogenated alkanes) is 1. The molecule has 0 bridgehead atoms. The van der Waals surface area contributed by atoms with Gasteiger partial charge in [0.05, 0.1) is 0 Å². The summed E-state index contributed by atoms with van der Waals surface area (Å²) in [6, 6.07) is 8.82. The van der Waals surface area contributed by atoms with Gasteiger partial charge in [0, 0.05) is 0 Å². The van der Waals surface area contributed by atoms with Crippen molar-refractivity contribution in [2.75, 3.05) is 0 Å². The minimum Gasteiger partial charge on any atom is -0.0840 e. The van der Waals surface area contributed by atoms with E-state index in [4.69, 9.17) is 0 Å². The maximum atomic E-state index is 2.29. The zero-order chi connectivity index (χ0) is 10.2. The highest BCUT2D eigenvalue weighted by molar-refractivity contribution is 5.50. The fraction of sp³-hybridized carbons (Fsp3) is 0.429. The minimum absolute atomic E-state index is 1.18. The Bertz CT molecular complexity index is 284. The van der Waals surface area contributed by atoms with E-state index in [-0.39, 0.29) is 0 Å². The Kier molecular flexibility index (Phi) is 5.06. The molecule has 1 aromatic rings.